The molecule has 2 aliphatic heterocycles. The molecule has 4 unspecified atom stereocenters. The van der Waals surface area contributed by atoms with Gasteiger partial charge < -0.3 is 15.9 Å². The molecule has 0 saturated carbocycles. The fourth-order valence-corrected chi connectivity index (χ4v) is 1.71. The van der Waals surface area contributed by atoms with Gasteiger partial charge in [-0.15, -0.1) is 0 Å². The summed E-state index contributed by atoms with van der Waals surface area (Å²) in [6, 6.07) is -0.823. The molecule has 0 aliphatic carbocycles. The van der Waals surface area contributed by atoms with E-state index in [2.05, 4.69) is 15.0 Å². The van der Waals surface area contributed by atoms with Crippen molar-refractivity contribution in [2.45, 2.75) is 31.3 Å². The van der Waals surface area contributed by atoms with Gasteiger partial charge in [0, 0.05) is 13.3 Å². The van der Waals surface area contributed by atoms with Gasteiger partial charge >= 0.3 is 0 Å². The summed E-state index contributed by atoms with van der Waals surface area (Å²) in [4.78, 5) is 25.3. The lowest BCUT2D eigenvalue weighted by atomic mass is 10.1. The Labute approximate surface area is 104 Å². The van der Waals surface area contributed by atoms with E-state index >= 15 is 0 Å². The first-order valence-corrected chi connectivity index (χ1v) is 5.49. The number of likely N-dealkylation sites (N-methyl/N-ethyl adjacent to an activating group) is 1. The van der Waals surface area contributed by atoms with Gasteiger partial charge in [-0.05, 0) is 6.92 Å². The first kappa shape index (κ1) is 12.7. The van der Waals surface area contributed by atoms with Crippen LogP contribution >= 0.6 is 0 Å². The molecule has 0 aromatic heterocycles. The number of nitrogens with zero attached hydrogens (tertiary/aromatic N) is 4. The second-order valence-electron chi connectivity index (χ2n) is 4.26. The number of carbonyl (C=O) groups excluding carboxylic acids is 1. The van der Waals surface area contributed by atoms with E-state index in [-0.39, 0.29) is 17.6 Å². The zero-order chi connectivity index (χ0) is 13.4. The van der Waals surface area contributed by atoms with Crippen molar-refractivity contribution in [3.8, 4) is 0 Å². The molecule has 4 atom stereocenters. The third kappa shape index (κ3) is 2.00. The van der Waals surface area contributed by atoms with Crippen molar-refractivity contribution in [3.63, 3.8) is 0 Å². The molecule has 0 radical (unpaired) electrons. The van der Waals surface area contributed by atoms with Gasteiger partial charge in [0.05, 0.1) is 11.8 Å². The van der Waals surface area contributed by atoms with Crippen LogP contribution in [0.5, 0.6) is 0 Å². The summed E-state index contributed by atoms with van der Waals surface area (Å²) in [5.41, 5.74) is 5.73. The highest BCUT2D eigenvalue weighted by atomic mass is 16.3. The fourth-order valence-electron chi connectivity index (χ4n) is 1.71. The zero-order valence-electron chi connectivity index (χ0n) is 10.1. The van der Waals surface area contributed by atoms with Crippen molar-refractivity contribution in [1.82, 2.24) is 4.90 Å². The van der Waals surface area contributed by atoms with E-state index in [1.807, 2.05) is 0 Å². The van der Waals surface area contributed by atoms with Crippen molar-refractivity contribution in [3.05, 3.63) is 0 Å². The lowest BCUT2D eigenvalue weighted by Crippen LogP contribution is -2.54. The van der Waals surface area contributed by atoms with E-state index in [4.69, 9.17) is 5.73 Å². The molecule has 0 aromatic carbocycles. The molecule has 0 saturated heterocycles. The van der Waals surface area contributed by atoms with Crippen LogP contribution in [0.4, 0.5) is 0 Å². The first-order valence-electron chi connectivity index (χ1n) is 5.49. The van der Waals surface area contributed by atoms with Gasteiger partial charge in [0.15, 0.2) is 18.2 Å². The average molecular weight is 253 g/mol. The first-order chi connectivity index (χ1) is 8.41. The quantitative estimate of drug-likeness (QED) is 0.513. The highest BCUT2D eigenvalue weighted by Crippen LogP contribution is 2.18. The van der Waals surface area contributed by atoms with Crippen molar-refractivity contribution in [1.29, 1.82) is 0 Å². The Morgan fingerprint density at radius 1 is 1.44 bits per heavy atom. The number of guanidine groups is 1. The number of fused-ring (bicyclic) bond motifs is 1. The molecule has 2 rings (SSSR count). The second kappa shape index (κ2) is 4.46. The number of aliphatic imine (C=N–C) groups is 3. The maximum Gasteiger partial charge on any atom is 0.258 e. The van der Waals surface area contributed by atoms with Gasteiger partial charge in [0.2, 0.25) is 0 Å². The SMILES string of the molecule is CC(O)C(O)C1=NC2C(=O)N(C)C(N)=NC2N=C1. The van der Waals surface area contributed by atoms with E-state index < -0.39 is 24.4 Å². The fraction of sp³-hybridized carbons (Fsp3) is 0.600. The monoisotopic (exact) mass is 253 g/mol. The summed E-state index contributed by atoms with van der Waals surface area (Å²) >= 11 is 0. The summed E-state index contributed by atoms with van der Waals surface area (Å²) < 4.78 is 0. The Morgan fingerprint density at radius 3 is 2.72 bits per heavy atom. The van der Waals surface area contributed by atoms with Crippen molar-refractivity contribution >= 4 is 23.8 Å². The molecule has 2 aliphatic rings. The third-order valence-corrected chi connectivity index (χ3v) is 2.88. The number of amides is 1. The molecule has 8 heteroatoms. The molecule has 18 heavy (non-hydrogen) atoms. The largest absolute Gasteiger partial charge is 0.390 e. The van der Waals surface area contributed by atoms with Gasteiger partial charge in [-0.2, -0.15) is 0 Å². The van der Waals surface area contributed by atoms with Gasteiger partial charge in [0.25, 0.3) is 5.91 Å². The number of hydrogen-bond donors (Lipinski definition) is 3. The van der Waals surface area contributed by atoms with Crippen molar-refractivity contribution < 1.29 is 15.0 Å². The summed E-state index contributed by atoms with van der Waals surface area (Å²) in [7, 11) is 1.50. The maximum atomic E-state index is 11.9. The Balaban J connectivity index is 2.30. The molecule has 2 heterocycles. The molecule has 98 valence electrons. The van der Waals surface area contributed by atoms with E-state index in [1.54, 1.807) is 0 Å². The minimum absolute atomic E-state index is 0.0909. The normalized spacial score (nSPS) is 30.4. The minimum Gasteiger partial charge on any atom is -0.390 e. The van der Waals surface area contributed by atoms with Crippen molar-refractivity contribution in [2.75, 3.05) is 7.05 Å². The predicted octanol–water partition coefficient (Wildman–Crippen LogP) is -2.27. The van der Waals surface area contributed by atoms with Gasteiger partial charge in [-0.3, -0.25) is 19.7 Å². The van der Waals surface area contributed by atoms with Gasteiger partial charge in [0.1, 0.15) is 6.10 Å². The van der Waals surface area contributed by atoms with Crippen LogP contribution < -0.4 is 5.73 Å². The van der Waals surface area contributed by atoms with Crippen LogP contribution in [0, 0.1) is 0 Å². The highest BCUT2D eigenvalue weighted by Gasteiger charge is 2.38. The molecule has 0 fully saturated rings. The number of aliphatic hydroxyl groups excluding tert-OH is 2. The number of rotatable bonds is 2. The summed E-state index contributed by atoms with van der Waals surface area (Å²) in [5, 5.41) is 19.0. The standard InChI is InChI=1S/C10H15N5O3/c1-4(16)7(17)5-3-12-8-6(13-5)9(18)15(2)10(11)14-8/h3-4,6-8,16-17H,1-2H3,(H2,11,14). The molecular formula is C10H15N5O3. The van der Waals surface area contributed by atoms with Gasteiger partial charge in [-0.1, -0.05) is 0 Å². The number of nitrogens with two attached hydrogens (primary N) is 1. The van der Waals surface area contributed by atoms with E-state index in [0.29, 0.717) is 0 Å². The Kier molecular flexibility index (Phi) is 3.14. The second-order valence-corrected chi connectivity index (χ2v) is 4.26. The lowest BCUT2D eigenvalue weighted by molar-refractivity contribution is -0.128. The number of hydrogen-bond acceptors (Lipinski definition) is 7. The minimum atomic E-state index is -1.17. The molecule has 4 N–H and O–H groups in total. The third-order valence-electron chi connectivity index (χ3n) is 2.88. The molecule has 0 spiro atoms. The van der Waals surface area contributed by atoms with Crippen LogP contribution in [0.1, 0.15) is 6.92 Å². The molecule has 8 nitrogen and oxygen atoms in total. The van der Waals surface area contributed by atoms with Gasteiger partial charge in [-0.25, -0.2) is 4.99 Å². The maximum absolute atomic E-state index is 11.9. The van der Waals surface area contributed by atoms with Crippen LogP contribution in [0.15, 0.2) is 15.0 Å². The van der Waals surface area contributed by atoms with E-state index in [0.717, 1.165) is 0 Å². The average Bonchev–Trinajstić information content (AvgIpc) is 2.35. The van der Waals surface area contributed by atoms with Crippen LogP contribution in [-0.4, -0.2) is 70.4 Å². The van der Waals surface area contributed by atoms with Crippen LogP contribution in [0.2, 0.25) is 0 Å². The summed E-state index contributed by atoms with van der Waals surface area (Å²) in [6.07, 6.45) is -1.53. The molecule has 0 aromatic rings. The molecule has 0 bridgehead atoms. The van der Waals surface area contributed by atoms with Crippen LogP contribution in [0.3, 0.4) is 0 Å². The van der Waals surface area contributed by atoms with E-state index in [9.17, 15) is 15.0 Å². The Morgan fingerprint density at radius 2 is 2.11 bits per heavy atom. The molecule has 1 amide bonds. The van der Waals surface area contributed by atoms with Crippen LogP contribution in [0.25, 0.3) is 0 Å². The highest BCUT2D eigenvalue weighted by molar-refractivity contribution is 6.33. The topological polar surface area (TPSA) is 124 Å². The smallest absolute Gasteiger partial charge is 0.258 e. The Bertz CT molecular complexity index is 456. The van der Waals surface area contributed by atoms with E-state index in [1.165, 1.54) is 25.1 Å². The summed E-state index contributed by atoms with van der Waals surface area (Å²) in [5.74, 6) is -0.243. The van der Waals surface area contributed by atoms with Crippen molar-refractivity contribution in [2.24, 2.45) is 20.7 Å². The predicted molar refractivity (Wildman–Crippen MR) is 65.6 cm³/mol. The lowest BCUT2D eigenvalue weighted by Gasteiger charge is -2.31. The Hall–Kier alpha value is -1.80. The number of carbonyl (C=O) groups is 1. The van der Waals surface area contributed by atoms with Crippen LogP contribution in [-0.2, 0) is 4.79 Å². The zero-order valence-corrected chi connectivity index (χ0v) is 10.1. The summed E-state index contributed by atoms with van der Waals surface area (Å²) in [6.45, 7) is 1.43. The number of aliphatic hydroxyl groups is 2. The molecular weight excluding hydrogens is 238 g/mol.